The summed E-state index contributed by atoms with van der Waals surface area (Å²) in [6, 6.07) is 5.63. The van der Waals surface area contributed by atoms with E-state index in [4.69, 9.17) is 9.47 Å². The van der Waals surface area contributed by atoms with Crippen LogP contribution in [0.5, 0.6) is 11.5 Å². The molecule has 1 N–H and O–H groups in total. The van der Waals surface area contributed by atoms with Gasteiger partial charge in [-0.15, -0.1) is 0 Å². The van der Waals surface area contributed by atoms with Crippen LogP contribution in [-0.2, 0) is 4.79 Å². The summed E-state index contributed by atoms with van der Waals surface area (Å²) >= 11 is 0. The number of amides is 1. The number of allylic oxidation sites excluding steroid dienone is 1. The lowest BCUT2D eigenvalue weighted by molar-refractivity contribution is -0.116. The Morgan fingerprint density at radius 3 is 3.00 bits per heavy atom. The van der Waals surface area contributed by atoms with Crippen LogP contribution < -0.4 is 14.8 Å². The largest absolute Gasteiger partial charge is 0.454 e. The molecule has 21 heavy (non-hydrogen) atoms. The summed E-state index contributed by atoms with van der Waals surface area (Å²) < 4.78 is 10.6. The number of ether oxygens (including phenoxy) is 2. The van der Waals surface area contributed by atoms with Gasteiger partial charge in [0.25, 0.3) is 0 Å². The third-order valence-electron chi connectivity index (χ3n) is 3.70. The van der Waals surface area contributed by atoms with Crippen molar-refractivity contribution in [2.75, 3.05) is 13.3 Å². The van der Waals surface area contributed by atoms with Crippen LogP contribution in [0.1, 0.15) is 31.2 Å². The van der Waals surface area contributed by atoms with Crippen molar-refractivity contribution in [1.82, 2.24) is 5.32 Å². The average Bonchev–Trinajstić information content (AvgIpc) is 2.99. The fourth-order valence-corrected chi connectivity index (χ4v) is 2.51. The smallest absolute Gasteiger partial charge is 0.244 e. The maximum Gasteiger partial charge on any atom is 0.244 e. The summed E-state index contributed by atoms with van der Waals surface area (Å²) in [7, 11) is 0. The molecule has 0 unspecified atom stereocenters. The molecule has 110 valence electrons. The standard InChI is InChI=1S/C17H19NO3/c19-17(18-11-14-4-2-1-3-5-14)9-7-13-6-8-15-16(10-13)21-12-20-15/h4,6-10H,1-3,5,11-12H2,(H,18,19)/b9-7+. The molecule has 1 aromatic rings. The van der Waals surface area contributed by atoms with Crippen LogP contribution in [-0.4, -0.2) is 19.2 Å². The monoisotopic (exact) mass is 285 g/mol. The van der Waals surface area contributed by atoms with Gasteiger partial charge in [0.15, 0.2) is 11.5 Å². The first-order valence-electron chi connectivity index (χ1n) is 7.35. The van der Waals surface area contributed by atoms with Gasteiger partial charge in [0.05, 0.1) is 0 Å². The SMILES string of the molecule is O=C(/C=C/c1ccc2c(c1)OCO2)NCC1=CCCCC1. The van der Waals surface area contributed by atoms with E-state index >= 15 is 0 Å². The number of carbonyl (C=O) groups excluding carboxylic acids is 1. The van der Waals surface area contributed by atoms with E-state index in [-0.39, 0.29) is 12.7 Å². The third kappa shape index (κ3) is 3.66. The van der Waals surface area contributed by atoms with E-state index in [2.05, 4.69) is 11.4 Å². The molecular weight excluding hydrogens is 266 g/mol. The molecule has 0 atom stereocenters. The second-order valence-electron chi connectivity index (χ2n) is 5.27. The van der Waals surface area contributed by atoms with Gasteiger partial charge in [-0.3, -0.25) is 4.79 Å². The third-order valence-corrected chi connectivity index (χ3v) is 3.70. The highest BCUT2D eigenvalue weighted by molar-refractivity contribution is 5.91. The summed E-state index contributed by atoms with van der Waals surface area (Å²) in [5.74, 6) is 1.41. The molecule has 0 aromatic heterocycles. The van der Waals surface area contributed by atoms with E-state index < -0.39 is 0 Å². The van der Waals surface area contributed by atoms with Crippen molar-refractivity contribution in [2.45, 2.75) is 25.7 Å². The molecule has 0 saturated heterocycles. The van der Waals surface area contributed by atoms with Crippen LogP contribution in [0, 0.1) is 0 Å². The average molecular weight is 285 g/mol. The number of hydrogen-bond acceptors (Lipinski definition) is 3. The first kappa shape index (κ1) is 13.7. The summed E-state index contributed by atoms with van der Waals surface area (Å²) in [6.45, 7) is 0.919. The van der Waals surface area contributed by atoms with E-state index in [9.17, 15) is 4.79 Å². The van der Waals surface area contributed by atoms with Gasteiger partial charge in [-0.05, 0) is 49.5 Å². The van der Waals surface area contributed by atoms with Crippen LogP contribution in [0.25, 0.3) is 6.08 Å². The normalized spacial score (nSPS) is 16.9. The lowest BCUT2D eigenvalue weighted by Crippen LogP contribution is -2.24. The van der Waals surface area contributed by atoms with E-state index in [0.717, 1.165) is 29.9 Å². The molecule has 1 amide bonds. The molecule has 3 rings (SSSR count). The summed E-state index contributed by atoms with van der Waals surface area (Å²) in [6.07, 6.45) is 10.3. The number of carbonyl (C=O) groups is 1. The zero-order valence-electron chi connectivity index (χ0n) is 11.9. The van der Waals surface area contributed by atoms with Crippen LogP contribution in [0.15, 0.2) is 35.9 Å². The molecule has 0 saturated carbocycles. The Bertz CT molecular complexity index is 590. The van der Waals surface area contributed by atoms with Crippen molar-refractivity contribution in [3.63, 3.8) is 0 Å². The summed E-state index contributed by atoms with van der Waals surface area (Å²) in [5.41, 5.74) is 2.26. The Morgan fingerprint density at radius 1 is 1.24 bits per heavy atom. The molecule has 0 fully saturated rings. The molecule has 2 aliphatic rings. The number of hydrogen-bond donors (Lipinski definition) is 1. The van der Waals surface area contributed by atoms with Crippen molar-refractivity contribution in [2.24, 2.45) is 0 Å². The fraction of sp³-hybridized carbons (Fsp3) is 0.353. The maximum atomic E-state index is 11.8. The Labute approximate surface area is 124 Å². The first-order valence-corrected chi connectivity index (χ1v) is 7.35. The Kier molecular flexibility index (Phi) is 4.24. The second-order valence-corrected chi connectivity index (χ2v) is 5.27. The van der Waals surface area contributed by atoms with Crippen molar-refractivity contribution in [1.29, 1.82) is 0 Å². The van der Waals surface area contributed by atoms with Gasteiger partial charge in [0.2, 0.25) is 12.7 Å². The number of benzene rings is 1. The van der Waals surface area contributed by atoms with E-state index in [1.54, 1.807) is 12.2 Å². The minimum atomic E-state index is -0.0702. The molecule has 1 aliphatic heterocycles. The van der Waals surface area contributed by atoms with Crippen molar-refractivity contribution in [3.05, 3.63) is 41.5 Å². The van der Waals surface area contributed by atoms with Gasteiger partial charge < -0.3 is 14.8 Å². The topological polar surface area (TPSA) is 47.6 Å². The van der Waals surface area contributed by atoms with Crippen LogP contribution in [0.4, 0.5) is 0 Å². The Hall–Kier alpha value is -2.23. The molecule has 1 heterocycles. The highest BCUT2D eigenvalue weighted by atomic mass is 16.7. The number of nitrogens with one attached hydrogen (secondary N) is 1. The summed E-state index contributed by atoms with van der Waals surface area (Å²) in [4.78, 5) is 11.8. The van der Waals surface area contributed by atoms with Gasteiger partial charge in [0, 0.05) is 12.6 Å². The Morgan fingerprint density at radius 2 is 2.14 bits per heavy atom. The van der Waals surface area contributed by atoms with Crippen LogP contribution >= 0.6 is 0 Å². The summed E-state index contributed by atoms with van der Waals surface area (Å²) in [5, 5.41) is 2.92. The number of fused-ring (bicyclic) bond motifs is 1. The van der Waals surface area contributed by atoms with E-state index in [1.807, 2.05) is 18.2 Å². The van der Waals surface area contributed by atoms with Gasteiger partial charge >= 0.3 is 0 Å². The minimum absolute atomic E-state index is 0.0702. The van der Waals surface area contributed by atoms with Crippen molar-refractivity contribution in [3.8, 4) is 11.5 Å². The maximum absolute atomic E-state index is 11.8. The molecule has 0 radical (unpaired) electrons. The fourth-order valence-electron chi connectivity index (χ4n) is 2.51. The second kappa shape index (κ2) is 6.48. The zero-order chi connectivity index (χ0) is 14.5. The predicted molar refractivity (Wildman–Crippen MR) is 81.2 cm³/mol. The molecule has 4 nitrogen and oxygen atoms in total. The molecule has 0 spiro atoms. The zero-order valence-corrected chi connectivity index (χ0v) is 11.9. The van der Waals surface area contributed by atoms with Gasteiger partial charge in [0.1, 0.15) is 0 Å². The molecule has 0 bridgehead atoms. The van der Waals surface area contributed by atoms with Crippen molar-refractivity contribution >= 4 is 12.0 Å². The van der Waals surface area contributed by atoms with Crippen molar-refractivity contribution < 1.29 is 14.3 Å². The molecule has 1 aliphatic carbocycles. The highest BCUT2D eigenvalue weighted by Crippen LogP contribution is 2.32. The van der Waals surface area contributed by atoms with Crippen LogP contribution in [0.2, 0.25) is 0 Å². The van der Waals surface area contributed by atoms with Gasteiger partial charge in [-0.2, -0.15) is 0 Å². The number of rotatable bonds is 4. The van der Waals surface area contributed by atoms with Gasteiger partial charge in [-0.1, -0.05) is 17.7 Å². The predicted octanol–water partition coefficient (Wildman–Crippen LogP) is 3.05. The highest BCUT2D eigenvalue weighted by Gasteiger charge is 2.12. The van der Waals surface area contributed by atoms with E-state index in [1.165, 1.54) is 18.4 Å². The minimum Gasteiger partial charge on any atom is -0.454 e. The molecule has 4 heteroatoms. The molecular formula is C17H19NO3. The Balaban J connectivity index is 1.53. The lowest BCUT2D eigenvalue weighted by atomic mass is 10.00. The van der Waals surface area contributed by atoms with E-state index in [0.29, 0.717) is 6.54 Å². The first-order chi connectivity index (χ1) is 10.3. The molecule has 1 aromatic carbocycles. The van der Waals surface area contributed by atoms with Crippen LogP contribution in [0.3, 0.4) is 0 Å². The van der Waals surface area contributed by atoms with Gasteiger partial charge in [-0.25, -0.2) is 0 Å². The quantitative estimate of drug-likeness (QED) is 0.683. The lowest BCUT2D eigenvalue weighted by Gasteiger charge is -2.12.